The van der Waals surface area contributed by atoms with Crippen LogP contribution < -0.4 is 0 Å². The molecule has 7 heteroatoms. The number of hydrogen-bond acceptors (Lipinski definition) is 5. The molecule has 1 aromatic heterocycles. The van der Waals surface area contributed by atoms with Crippen LogP contribution in [0.25, 0.3) is 0 Å². The third-order valence-electron chi connectivity index (χ3n) is 2.72. The predicted molar refractivity (Wildman–Crippen MR) is 59.2 cm³/mol. The first-order valence-electron chi connectivity index (χ1n) is 5.34. The summed E-state index contributed by atoms with van der Waals surface area (Å²) in [7, 11) is -3.47. The lowest BCUT2D eigenvalue weighted by atomic mass is 10.2. The van der Waals surface area contributed by atoms with Crippen molar-refractivity contribution in [3.63, 3.8) is 0 Å². The lowest BCUT2D eigenvalue weighted by Crippen LogP contribution is -2.35. The largest absolute Gasteiger partial charge is 0.361 e. The van der Waals surface area contributed by atoms with Crippen molar-refractivity contribution >= 4 is 10.0 Å². The Morgan fingerprint density at radius 3 is 3.06 bits per heavy atom. The highest BCUT2D eigenvalue weighted by Gasteiger charge is 2.34. The Labute approximate surface area is 99.9 Å². The molecule has 1 saturated heterocycles. The van der Waals surface area contributed by atoms with E-state index < -0.39 is 16.1 Å². The Balaban J connectivity index is 2.17. The summed E-state index contributed by atoms with van der Waals surface area (Å²) in [6, 6.07) is 3.07. The normalized spacial score (nSPS) is 21.5. The van der Waals surface area contributed by atoms with E-state index in [-0.39, 0.29) is 5.75 Å². The summed E-state index contributed by atoms with van der Waals surface area (Å²) in [5.41, 5.74) is 0.381. The maximum absolute atomic E-state index is 12.1. The number of nitrogens with zero attached hydrogens (tertiary/aromatic N) is 3. The van der Waals surface area contributed by atoms with E-state index in [1.54, 1.807) is 13.0 Å². The van der Waals surface area contributed by atoms with E-state index in [9.17, 15) is 8.42 Å². The molecule has 1 unspecified atom stereocenters. The van der Waals surface area contributed by atoms with Crippen LogP contribution in [-0.2, 0) is 15.8 Å². The number of rotatable bonds is 3. The van der Waals surface area contributed by atoms with Gasteiger partial charge in [-0.15, -0.1) is 0 Å². The minimum absolute atomic E-state index is 0.206. The summed E-state index contributed by atoms with van der Waals surface area (Å²) in [5, 5.41) is 12.5. The Kier molecular flexibility index (Phi) is 3.17. The van der Waals surface area contributed by atoms with Gasteiger partial charge in [-0.2, -0.15) is 9.57 Å². The van der Waals surface area contributed by atoms with Gasteiger partial charge in [0.15, 0.2) is 0 Å². The maximum Gasteiger partial charge on any atom is 0.221 e. The van der Waals surface area contributed by atoms with Crippen LogP contribution >= 0.6 is 0 Å². The Morgan fingerprint density at radius 2 is 2.47 bits per heavy atom. The smallest absolute Gasteiger partial charge is 0.221 e. The Morgan fingerprint density at radius 1 is 1.71 bits per heavy atom. The van der Waals surface area contributed by atoms with Crippen LogP contribution in [0.4, 0.5) is 0 Å². The average Bonchev–Trinajstić information content (AvgIpc) is 2.86. The zero-order valence-electron chi connectivity index (χ0n) is 9.46. The van der Waals surface area contributed by atoms with E-state index in [4.69, 9.17) is 9.78 Å². The van der Waals surface area contributed by atoms with Crippen molar-refractivity contribution < 1.29 is 12.9 Å². The number of aryl methyl sites for hydroxylation is 1. The number of aromatic nitrogens is 1. The summed E-state index contributed by atoms with van der Waals surface area (Å²) in [4.78, 5) is 0. The Bertz CT molecular complexity index is 543. The summed E-state index contributed by atoms with van der Waals surface area (Å²) >= 11 is 0. The van der Waals surface area contributed by atoms with Crippen LogP contribution in [0.5, 0.6) is 0 Å². The van der Waals surface area contributed by atoms with Crippen LogP contribution in [0.15, 0.2) is 10.6 Å². The van der Waals surface area contributed by atoms with Gasteiger partial charge in [-0.05, 0) is 19.8 Å². The third kappa shape index (κ3) is 2.48. The molecule has 0 bridgehead atoms. The Hall–Kier alpha value is -1.39. The van der Waals surface area contributed by atoms with Crippen molar-refractivity contribution in [2.45, 2.75) is 31.6 Å². The summed E-state index contributed by atoms with van der Waals surface area (Å²) in [6.45, 7) is 2.12. The average molecular weight is 255 g/mol. The first-order chi connectivity index (χ1) is 8.03. The lowest BCUT2D eigenvalue weighted by Gasteiger charge is -2.17. The standard InChI is InChI=1S/C10H13N3O3S/c1-8-5-9(12-16-8)7-17(14,15)13-4-2-3-10(13)6-11/h5,10H,2-4,7H2,1H3. The molecular formula is C10H13N3O3S. The van der Waals surface area contributed by atoms with E-state index in [0.29, 0.717) is 24.4 Å². The minimum atomic E-state index is -3.47. The molecule has 0 amide bonds. The minimum Gasteiger partial charge on any atom is -0.361 e. The first-order valence-corrected chi connectivity index (χ1v) is 6.95. The molecule has 1 aromatic rings. The molecular weight excluding hydrogens is 242 g/mol. The fourth-order valence-corrected chi connectivity index (χ4v) is 3.58. The number of hydrogen-bond donors (Lipinski definition) is 0. The highest BCUT2D eigenvalue weighted by molar-refractivity contribution is 7.88. The highest BCUT2D eigenvalue weighted by Crippen LogP contribution is 2.22. The van der Waals surface area contributed by atoms with Gasteiger partial charge >= 0.3 is 0 Å². The van der Waals surface area contributed by atoms with Gasteiger partial charge in [0, 0.05) is 12.6 Å². The van der Waals surface area contributed by atoms with Crippen LogP contribution in [0.1, 0.15) is 24.3 Å². The molecule has 92 valence electrons. The molecule has 0 radical (unpaired) electrons. The molecule has 1 atom stereocenters. The molecule has 1 aliphatic heterocycles. The molecule has 6 nitrogen and oxygen atoms in total. The van der Waals surface area contributed by atoms with Crippen LogP contribution in [0.2, 0.25) is 0 Å². The molecule has 17 heavy (non-hydrogen) atoms. The second kappa shape index (κ2) is 4.47. The van der Waals surface area contributed by atoms with Gasteiger partial charge < -0.3 is 4.52 Å². The third-order valence-corrected chi connectivity index (χ3v) is 4.53. The van der Waals surface area contributed by atoms with Gasteiger partial charge in [0.2, 0.25) is 10.0 Å². The highest BCUT2D eigenvalue weighted by atomic mass is 32.2. The zero-order chi connectivity index (χ0) is 12.5. The molecule has 1 aliphatic rings. The number of nitriles is 1. The number of sulfonamides is 1. The zero-order valence-corrected chi connectivity index (χ0v) is 10.3. The molecule has 0 saturated carbocycles. The summed E-state index contributed by atoms with van der Waals surface area (Å²) in [5.74, 6) is 0.371. The van der Waals surface area contributed by atoms with E-state index in [1.165, 1.54) is 4.31 Å². The van der Waals surface area contributed by atoms with E-state index in [2.05, 4.69) is 5.16 Å². The quantitative estimate of drug-likeness (QED) is 0.797. The van der Waals surface area contributed by atoms with Gasteiger partial charge in [-0.1, -0.05) is 5.16 Å². The molecule has 2 rings (SSSR count). The van der Waals surface area contributed by atoms with Crippen molar-refractivity contribution in [3.05, 3.63) is 17.5 Å². The van der Waals surface area contributed by atoms with Gasteiger partial charge in [0.25, 0.3) is 0 Å². The molecule has 0 spiro atoms. The van der Waals surface area contributed by atoms with Crippen molar-refractivity contribution in [1.82, 2.24) is 9.46 Å². The van der Waals surface area contributed by atoms with Crippen LogP contribution in [-0.4, -0.2) is 30.5 Å². The molecule has 0 aliphatic carbocycles. The maximum atomic E-state index is 12.1. The molecule has 0 aromatic carbocycles. The fraction of sp³-hybridized carbons (Fsp3) is 0.600. The van der Waals surface area contributed by atoms with Crippen LogP contribution in [0.3, 0.4) is 0 Å². The second-order valence-corrected chi connectivity index (χ2v) is 6.00. The van der Waals surface area contributed by atoms with Crippen molar-refractivity contribution in [1.29, 1.82) is 5.26 Å². The van der Waals surface area contributed by atoms with Gasteiger partial charge in [-0.3, -0.25) is 0 Å². The molecule has 2 heterocycles. The monoisotopic (exact) mass is 255 g/mol. The molecule has 0 N–H and O–H groups in total. The van der Waals surface area contributed by atoms with E-state index in [0.717, 1.165) is 6.42 Å². The van der Waals surface area contributed by atoms with Gasteiger partial charge in [-0.25, -0.2) is 8.42 Å². The predicted octanol–water partition coefficient (Wildman–Crippen LogP) is 0.801. The lowest BCUT2D eigenvalue weighted by molar-refractivity contribution is 0.390. The summed E-state index contributed by atoms with van der Waals surface area (Å²) in [6.07, 6.45) is 1.34. The van der Waals surface area contributed by atoms with Gasteiger partial charge in [0.05, 0.1) is 6.07 Å². The van der Waals surface area contributed by atoms with E-state index in [1.807, 2.05) is 6.07 Å². The topological polar surface area (TPSA) is 87.2 Å². The van der Waals surface area contributed by atoms with Crippen molar-refractivity contribution in [2.24, 2.45) is 0 Å². The summed E-state index contributed by atoms with van der Waals surface area (Å²) < 4.78 is 30.2. The van der Waals surface area contributed by atoms with Crippen molar-refractivity contribution in [2.75, 3.05) is 6.54 Å². The van der Waals surface area contributed by atoms with Crippen molar-refractivity contribution in [3.8, 4) is 6.07 Å². The fourth-order valence-electron chi connectivity index (χ4n) is 1.96. The molecule has 1 fully saturated rings. The second-order valence-electron chi connectivity index (χ2n) is 4.08. The van der Waals surface area contributed by atoms with E-state index >= 15 is 0 Å². The first kappa shape index (κ1) is 12.1. The van der Waals surface area contributed by atoms with Gasteiger partial charge in [0.1, 0.15) is 23.2 Å². The SMILES string of the molecule is Cc1cc(CS(=O)(=O)N2CCCC2C#N)no1. The van der Waals surface area contributed by atoms with Crippen LogP contribution in [0, 0.1) is 18.3 Å².